The molecule has 0 spiro atoms. The molecule has 2 aromatic carbocycles. The molecule has 5 rings (SSSR count). The molecule has 0 fully saturated rings. The molecule has 0 aliphatic carbocycles. The number of benzene rings is 2. The van der Waals surface area contributed by atoms with Gasteiger partial charge in [0, 0.05) is 5.70 Å². The van der Waals surface area contributed by atoms with Crippen molar-refractivity contribution < 1.29 is 18.4 Å². The SMILES string of the molecule is COc1ccc(C2NC(=O)N(c3ccc(F)cc3)C(C)=C2c2nc(-c3cccs3)no2)cc1. The molecule has 1 atom stereocenters. The third kappa shape index (κ3) is 3.87. The first-order valence-electron chi connectivity index (χ1n) is 10.1. The largest absolute Gasteiger partial charge is 0.497 e. The number of carbonyl (C=O) groups excluding carboxylic acids is 1. The molecule has 0 saturated carbocycles. The number of allylic oxidation sites excluding steroid dienone is 1. The highest BCUT2D eigenvalue weighted by molar-refractivity contribution is 7.13. The van der Waals surface area contributed by atoms with Crippen molar-refractivity contribution in [2.24, 2.45) is 0 Å². The summed E-state index contributed by atoms with van der Waals surface area (Å²) in [6.45, 7) is 1.81. The molecule has 1 aliphatic heterocycles. The molecule has 0 bridgehead atoms. The smallest absolute Gasteiger partial charge is 0.326 e. The molecule has 2 amide bonds. The van der Waals surface area contributed by atoms with E-state index in [-0.39, 0.29) is 11.8 Å². The molecular weight excluding hydrogens is 443 g/mol. The fourth-order valence-electron chi connectivity index (χ4n) is 3.81. The van der Waals surface area contributed by atoms with Crippen LogP contribution in [0.15, 0.2) is 76.3 Å². The number of anilines is 1. The minimum absolute atomic E-state index is 0.295. The number of rotatable bonds is 5. The second-order valence-electron chi connectivity index (χ2n) is 7.37. The lowest BCUT2D eigenvalue weighted by Crippen LogP contribution is -2.46. The van der Waals surface area contributed by atoms with Gasteiger partial charge in [-0.3, -0.25) is 4.90 Å². The number of amides is 2. The van der Waals surface area contributed by atoms with Crippen molar-refractivity contribution >= 4 is 28.6 Å². The van der Waals surface area contributed by atoms with Crippen LogP contribution in [0.4, 0.5) is 14.9 Å². The normalized spacial score (nSPS) is 16.2. The molecule has 0 radical (unpaired) electrons. The molecule has 33 heavy (non-hydrogen) atoms. The van der Waals surface area contributed by atoms with Gasteiger partial charge in [0.05, 0.1) is 29.3 Å². The maximum Gasteiger partial charge on any atom is 0.326 e. The average Bonchev–Trinajstić information content (AvgIpc) is 3.52. The van der Waals surface area contributed by atoms with Crippen LogP contribution in [0.25, 0.3) is 16.3 Å². The topological polar surface area (TPSA) is 80.5 Å². The molecule has 3 heterocycles. The van der Waals surface area contributed by atoms with Gasteiger partial charge in [-0.05, 0) is 60.3 Å². The third-order valence-electron chi connectivity index (χ3n) is 5.42. The molecule has 1 unspecified atom stereocenters. The quantitative estimate of drug-likeness (QED) is 0.415. The van der Waals surface area contributed by atoms with E-state index < -0.39 is 6.04 Å². The van der Waals surface area contributed by atoms with Crippen molar-refractivity contribution in [1.82, 2.24) is 15.5 Å². The van der Waals surface area contributed by atoms with Crippen molar-refractivity contribution in [3.63, 3.8) is 0 Å². The Balaban J connectivity index is 1.64. The van der Waals surface area contributed by atoms with E-state index in [1.54, 1.807) is 19.2 Å². The van der Waals surface area contributed by atoms with Crippen molar-refractivity contribution in [2.75, 3.05) is 12.0 Å². The fraction of sp³-hybridized carbons (Fsp3) is 0.125. The number of hydrogen-bond donors (Lipinski definition) is 1. The molecular formula is C24H19FN4O3S. The summed E-state index contributed by atoms with van der Waals surface area (Å²) < 4.78 is 24.4. The lowest BCUT2D eigenvalue weighted by molar-refractivity contribution is 0.244. The Bertz CT molecular complexity index is 1310. The molecule has 4 aromatic rings. The van der Waals surface area contributed by atoms with Crippen LogP contribution < -0.4 is 15.0 Å². The van der Waals surface area contributed by atoms with Gasteiger partial charge in [-0.1, -0.05) is 23.4 Å². The zero-order valence-electron chi connectivity index (χ0n) is 17.8. The number of ether oxygens (including phenoxy) is 1. The van der Waals surface area contributed by atoms with E-state index in [2.05, 4.69) is 15.5 Å². The fourth-order valence-corrected chi connectivity index (χ4v) is 4.46. The van der Waals surface area contributed by atoms with E-state index in [4.69, 9.17) is 9.26 Å². The summed E-state index contributed by atoms with van der Waals surface area (Å²) in [5.74, 6) is 1.09. The summed E-state index contributed by atoms with van der Waals surface area (Å²) in [6, 6.07) is 16.1. The Morgan fingerprint density at radius 3 is 2.55 bits per heavy atom. The number of halogens is 1. The zero-order valence-corrected chi connectivity index (χ0v) is 18.6. The maximum atomic E-state index is 13.5. The maximum absolute atomic E-state index is 13.5. The number of methoxy groups -OCH3 is 1. The molecule has 0 saturated heterocycles. The predicted molar refractivity (Wildman–Crippen MR) is 123 cm³/mol. The minimum atomic E-state index is -0.531. The van der Waals surface area contributed by atoms with Gasteiger partial charge in [-0.15, -0.1) is 11.3 Å². The van der Waals surface area contributed by atoms with Crippen LogP contribution >= 0.6 is 11.3 Å². The minimum Gasteiger partial charge on any atom is -0.497 e. The van der Waals surface area contributed by atoms with Gasteiger partial charge in [0.1, 0.15) is 11.6 Å². The van der Waals surface area contributed by atoms with Crippen molar-refractivity contribution in [3.05, 3.63) is 89.0 Å². The van der Waals surface area contributed by atoms with E-state index in [1.807, 2.05) is 48.7 Å². The number of urea groups is 1. The Hall–Kier alpha value is -3.98. The van der Waals surface area contributed by atoms with Crippen LogP contribution in [0, 0.1) is 5.82 Å². The van der Waals surface area contributed by atoms with Crippen LogP contribution in [-0.4, -0.2) is 23.3 Å². The van der Waals surface area contributed by atoms with Gasteiger partial charge in [0.2, 0.25) is 5.82 Å². The highest BCUT2D eigenvalue weighted by Gasteiger charge is 2.36. The van der Waals surface area contributed by atoms with Gasteiger partial charge >= 0.3 is 6.03 Å². The number of carbonyl (C=O) groups is 1. The van der Waals surface area contributed by atoms with Crippen LogP contribution in [-0.2, 0) is 0 Å². The van der Waals surface area contributed by atoms with Gasteiger partial charge < -0.3 is 14.6 Å². The van der Waals surface area contributed by atoms with Gasteiger partial charge in [0.25, 0.3) is 5.89 Å². The van der Waals surface area contributed by atoms with Crippen molar-refractivity contribution in [3.8, 4) is 16.5 Å². The molecule has 7 nitrogen and oxygen atoms in total. The summed E-state index contributed by atoms with van der Waals surface area (Å²) >= 11 is 1.51. The van der Waals surface area contributed by atoms with Gasteiger partial charge in [0.15, 0.2) is 0 Å². The Kier molecular flexibility index (Phi) is 5.39. The highest BCUT2D eigenvalue weighted by atomic mass is 32.1. The van der Waals surface area contributed by atoms with E-state index in [0.717, 1.165) is 10.4 Å². The van der Waals surface area contributed by atoms with Crippen LogP contribution in [0.5, 0.6) is 5.75 Å². The summed E-state index contributed by atoms with van der Waals surface area (Å²) in [5, 5.41) is 9.10. The second kappa shape index (κ2) is 8.51. The van der Waals surface area contributed by atoms with Gasteiger partial charge in [-0.2, -0.15) is 4.98 Å². The molecule has 1 aliphatic rings. The first-order chi connectivity index (χ1) is 16.0. The van der Waals surface area contributed by atoms with Crippen LogP contribution in [0.3, 0.4) is 0 Å². The lowest BCUT2D eigenvalue weighted by Gasteiger charge is -2.35. The molecule has 1 N–H and O–H groups in total. The first kappa shape index (κ1) is 20.9. The highest BCUT2D eigenvalue weighted by Crippen LogP contribution is 2.39. The summed E-state index contributed by atoms with van der Waals surface area (Å²) in [6.07, 6.45) is 0. The standard InChI is InChI=1S/C24H19FN4O3S/c1-14-20(23-27-22(28-32-23)19-4-3-13-33-19)21(15-5-11-18(31-2)12-6-15)26-24(30)29(14)17-9-7-16(25)8-10-17/h3-13,21H,1-2H3,(H,26,30). The Labute approximate surface area is 193 Å². The molecule has 9 heteroatoms. The Morgan fingerprint density at radius 2 is 1.88 bits per heavy atom. The summed E-state index contributed by atoms with van der Waals surface area (Å²) in [7, 11) is 1.60. The van der Waals surface area contributed by atoms with Crippen molar-refractivity contribution in [2.45, 2.75) is 13.0 Å². The average molecular weight is 463 g/mol. The van der Waals surface area contributed by atoms with Crippen LogP contribution in [0.2, 0.25) is 0 Å². The number of thiophene rings is 1. The Morgan fingerprint density at radius 1 is 1.12 bits per heavy atom. The summed E-state index contributed by atoms with van der Waals surface area (Å²) in [4.78, 5) is 20.1. The first-order valence-corrected chi connectivity index (χ1v) is 11.0. The number of aromatic nitrogens is 2. The molecule has 166 valence electrons. The number of nitrogens with one attached hydrogen (secondary N) is 1. The monoisotopic (exact) mass is 462 g/mol. The summed E-state index contributed by atoms with van der Waals surface area (Å²) in [5.41, 5.74) is 2.61. The van der Waals surface area contributed by atoms with Crippen molar-refractivity contribution in [1.29, 1.82) is 0 Å². The predicted octanol–water partition coefficient (Wildman–Crippen LogP) is 5.65. The third-order valence-corrected chi connectivity index (χ3v) is 6.28. The van der Waals surface area contributed by atoms with Crippen LogP contribution in [0.1, 0.15) is 24.4 Å². The number of nitrogens with zero attached hydrogens (tertiary/aromatic N) is 3. The second-order valence-corrected chi connectivity index (χ2v) is 8.31. The van der Waals surface area contributed by atoms with E-state index in [9.17, 15) is 9.18 Å². The lowest BCUT2D eigenvalue weighted by atomic mass is 9.94. The number of hydrogen-bond acceptors (Lipinski definition) is 6. The van der Waals surface area contributed by atoms with E-state index in [0.29, 0.717) is 34.4 Å². The zero-order chi connectivity index (χ0) is 22.9. The van der Waals surface area contributed by atoms with Gasteiger partial charge in [-0.25, -0.2) is 9.18 Å². The molecule has 2 aromatic heterocycles. The van der Waals surface area contributed by atoms with E-state index >= 15 is 0 Å². The van der Waals surface area contributed by atoms with E-state index in [1.165, 1.54) is 28.4 Å².